The first-order valence-corrected chi connectivity index (χ1v) is 12.4. The molecule has 4 rings (SSSR count). The lowest BCUT2D eigenvalue weighted by atomic mass is 9.62. The van der Waals surface area contributed by atoms with Crippen LogP contribution in [0, 0.1) is 17.0 Å². The number of carbonyl (C=O) groups is 2. The number of nitrogens with one attached hydrogen (secondary N) is 2. The highest BCUT2D eigenvalue weighted by molar-refractivity contribution is 5.98. The predicted molar refractivity (Wildman–Crippen MR) is 142 cm³/mol. The normalized spacial score (nSPS) is 15.5. The summed E-state index contributed by atoms with van der Waals surface area (Å²) in [4.78, 5) is 34.9. The second kappa shape index (κ2) is 9.84. The van der Waals surface area contributed by atoms with E-state index < -0.39 is 16.7 Å². The summed E-state index contributed by atoms with van der Waals surface area (Å²) in [6.45, 7) is 11.1. The summed E-state index contributed by atoms with van der Waals surface area (Å²) in [5, 5.41) is 15.9. The molecule has 1 heterocycles. The van der Waals surface area contributed by atoms with E-state index in [-0.39, 0.29) is 28.8 Å². The summed E-state index contributed by atoms with van der Waals surface area (Å²) in [5.41, 5.74) is 5.76. The SMILES string of the molecule is Cc1cc2c(cc1Cc1ccc(C(=O)NCC(=O)Nc3ccc([N+](=O)[O-])cc3)o1)C(C)(C)CCC2(C)C. The van der Waals surface area contributed by atoms with Crippen LogP contribution < -0.4 is 10.6 Å². The number of hydrogen-bond donors (Lipinski definition) is 2. The Morgan fingerprint density at radius 1 is 0.973 bits per heavy atom. The van der Waals surface area contributed by atoms with Crippen molar-refractivity contribution in [2.75, 3.05) is 11.9 Å². The molecule has 0 radical (unpaired) electrons. The molecule has 194 valence electrons. The fourth-order valence-electron chi connectivity index (χ4n) is 4.86. The van der Waals surface area contributed by atoms with Gasteiger partial charge in [0, 0.05) is 24.2 Å². The number of hydrogen-bond acceptors (Lipinski definition) is 5. The minimum absolute atomic E-state index is 0.0712. The second-order valence-corrected chi connectivity index (χ2v) is 11.1. The molecule has 0 bridgehead atoms. The summed E-state index contributed by atoms with van der Waals surface area (Å²) >= 11 is 0. The first-order valence-electron chi connectivity index (χ1n) is 12.4. The smallest absolute Gasteiger partial charge is 0.287 e. The highest BCUT2D eigenvalue weighted by atomic mass is 16.6. The molecule has 1 aromatic heterocycles. The van der Waals surface area contributed by atoms with Crippen LogP contribution in [0.3, 0.4) is 0 Å². The van der Waals surface area contributed by atoms with E-state index in [2.05, 4.69) is 57.4 Å². The number of anilines is 1. The van der Waals surface area contributed by atoms with Crippen LogP contribution >= 0.6 is 0 Å². The predicted octanol–water partition coefficient (Wildman–Crippen LogP) is 5.80. The summed E-state index contributed by atoms with van der Waals surface area (Å²) in [5.74, 6) is -0.133. The molecule has 2 amide bonds. The van der Waals surface area contributed by atoms with E-state index >= 15 is 0 Å². The van der Waals surface area contributed by atoms with Crippen LogP contribution in [0.4, 0.5) is 11.4 Å². The van der Waals surface area contributed by atoms with Crippen molar-refractivity contribution in [3.8, 4) is 0 Å². The van der Waals surface area contributed by atoms with E-state index in [1.165, 1.54) is 46.5 Å². The Morgan fingerprint density at radius 2 is 1.59 bits per heavy atom. The third-order valence-corrected chi connectivity index (χ3v) is 7.33. The molecule has 1 aliphatic carbocycles. The summed E-state index contributed by atoms with van der Waals surface area (Å²) in [6, 6.07) is 13.5. The second-order valence-electron chi connectivity index (χ2n) is 11.1. The summed E-state index contributed by atoms with van der Waals surface area (Å²) in [7, 11) is 0. The molecule has 8 nitrogen and oxygen atoms in total. The van der Waals surface area contributed by atoms with Crippen LogP contribution in [-0.2, 0) is 22.0 Å². The van der Waals surface area contributed by atoms with Crippen molar-refractivity contribution in [2.24, 2.45) is 0 Å². The van der Waals surface area contributed by atoms with Gasteiger partial charge in [0.1, 0.15) is 5.76 Å². The van der Waals surface area contributed by atoms with E-state index in [1.54, 1.807) is 12.1 Å². The standard InChI is InChI=1S/C29H33N3O5/c1-18-14-23-24(29(4,5)13-12-28(23,2)3)16-19(18)15-22-10-11-25(37-22)27(34)30-17-26(33)31-20-6-8-21(9-7-20)32(35)36/h6-11,14,16H,12-13,15,17H2,1-5H3,(H,30,34)(H,31,33). The van der Waals surface area contributed by atoms with Crippen molar-refractivity contribution in [3.05, 3.63) is 92.4 Å². The number of rotatable bonds is 7. The average Bonchev–Trinajstić information content (AvgIpc) is 3.30. The highest BCUT2D eigenvalue weighted by Gasteiger charge is 2.37. The first kappa shape index (κ1) is 26.1. The van der Waals surface area contributed by atoms with Gasteiger partial charge < -0.3 is 15.1 Å². The number of furan rings is 1. The van der Waals surface area contributed by atoms with Gasteiger partial charge in [-0.25, -0.2) is 0 Å². The molecule has 1 aliphatic rings. The molecular formula is C29H33N3O5. The minimum Gasteiger partial charge on any atom is -0.456 e. The average molecular weight is 504 g/mol. The quantitative estimate of drug-likeness (QED) is 0.312. The number of carbonyl (C=O) groups excluding carboxylic acids is 2. The third kappa shape index (κ3) is 5.74. The fraction of sp³-hybridized carbons (Fsp3) is 0.379. The van der Waals surface area contributed by atoms with Gasteiger partial charge in [-0.15, -0.1) is 0 Å². The van der Waals surface area contributed by atoms with Crippen molar-refractivity contribution in [1.29, 1.82) is 0 Å². The maximum Gasteiger partial charge on any atom is 0.287 e. The molecule has 0 atom stereocenters. The maximum atomic E-state index is 12.5. The Kier molecular flexibility index (Phi) is 6.95. The number of nitro benzene ring substituents is 1. The number of nitro groups is 1. The number of fused-ring (bicyclic) bond motifs is 1. The van der Waals surface area contributed by atoms with Gasteiger partial charge in [-0.3, -0.25) is 19.7 Å². The van der Waals surface area contributed by atoms with E-state index in [4.69, 9.17) is 4.42 Å². The van der Waals surface area contributed by atoms with Crippen LogP contribution in [0.5, 0.6) is 0 Å². The zero-order chi connectivity index (χ0) is 27.0. The molecule has 8 heteroatoms. The van der Waals surface area contributed by atoms with E-state index in [0.29, 0.717) is 17.9 Å². The van der Waals surface area contributed by atoms with Gasteiger partial charge in [0.05, 0.1) is 11.5 Å². The number of benzene rings is 2. The Hall–Kier alpha value is -3.94. The zero-order valence-electron chi connectivity index (χ0n) is 21.9. The molecule has 0 unspecified atom stereocenters. The topological polar surface area (TPSA) is 114 Å². The van der Waals surface area contributed by atoms with Gasteiger partial charge in [-0.2, -0.15) is 0 Å². The van der Waals surface area contributed by atoms with Gasteiger partial charge in [-0.05, 0) is 77.1 Å². The molecule has 0 fully saturated rings. The van der Waals surface area contributed by atoms with Crippen LogP contribution in [0.1, 0.15) is 79.1 Å². The van der Waals surface area contributed by atoms with Crippen LogP contribution in [0.2, 0.25) is 0 Å². The molecule has 0 saturated carbocycles. The Balaban J connectivity index is 1.39. The van der Waals surface area contributed by atoms with E-state index in [0.717, 1.165) is 12.8 Å². The van der Waals surface area contributed by atoms with Crippen LogP contribution in [0.15, 0.2) is 52.9 Å². The first-order chi connectivity index (χ1) is 17.4. The van der Waals surface area contributed by atoms with Gasteiger partial charge in [0.15, 0.2) is 5.76 Å². The van der Waals surface area contributed by atoms with Gasteiger partial charge in [0.25, 0.3) is 11.6 Å². The molecule has 0 saturated heterocycles. The molecule has 2 N–H and O–H groups in total. The number of non-ortho nitro benzene ring substituents is 1. The van der Waals surface area contributed by atoms with Gasteiger partial charge >= 0.3 is 0 Å². The fourth-order valence-corrected chi connectivity index (χ4v) is 4.86. The minimum atomic E-state index is -0.516. The number of nitrogens with zero attached hydrogens (tertiary/aromatic N) is 1. The Labute approximate surface area is 216 Å². The highest BCUT2D eigenvalue weighted by Crippen LogP contribution is 2.46. The van der Waals surface area contributed by atoms with Crippen molar-refractivity contribution in [2.45, 2.75) is 64.7 Å². The van der Waals surface area contributed by atoms with E-state index in [1.807, 2.05) is 0 Å². The van der Waals surface area contributed by atoms with Crippen LogP contribution in [-0.4, -0.2) is 23.3 Å². The number of aryl methyl sites for hydroxylation is 1. The van der Waals surface area contributed by atoms with Crippen LogP contribution in [0.25, 0.3) is 0 Å². The lowest BCUT2D eigenvalue weighted by molar-refractivity contribution is -0.384. The zero-order valence-corrected chi connectivity index (χ0v) is 21.9. The maximum absolute atomic E-state index is 12.5. The Morgan fingerprint density at radius 3 is 2.22 bits per heavy atom. The van der Waals surface area contributed by atoms with Crippen molar-refractivity contribution < 1.29 is 18.9 Å². The van der Waals surface area contributed by atoms with E-state index in [9.17, 15) is 19.7 Å². The largest absolute Gasteiger partial charge is 0.456 e. The lowest BCUT2D eigenvalue weighted by Crippen LogP contribution is -2.34. The van der Waals surface area contributed by atoms with Crippen molar-refractivity contribution in [1.82, 2.24) is 5.32 Å². The molecule has 0 aliphatic heterocycles. The number of amides is 2. The monoisotopic (exact) mass is 503 g/mol. The molecule has 3 aromatic rings. The molecule has 0 spiro atoms. The molecule has 37 heavy (non-hydrogen) atoms. The Bertz CT molecular complexity index is 1350. The van der Waals surface area contributed by atoms with Crippen molar-refractivity contribution in [3.63, 3.8) is 0 Å². The van der Waals surface area contributed by atoms with Gasteiger partial charge in [-0.1, -0.05) is 39.8 Å². The van der Waals surface area contributed by atoms with Crippen molar-refractivity contribution >= 4 is 23.2 Å². The lowest BCUT2D eigenvalue weighted by Gasteiger charge is -2.42. The molecular weight excluding hydrogens is 470 g/mol. The summed E-state index contributed by atoms with van der Waals surface area (Å²) < 4.78 is 5.82. The molecule has 2 aromatic carbocycles. The van der Waals surface area contributed by atoms with Gasteiger partial charge in [0.2, 0.25) is 5.91 Å². The summed E-state index contributed by atoms with van der Waals surface area (Å²) in [6.07, 6.45) is 2.87. The third-order valence-electron chi connectivity index (χ3n) is 7.33.